The number of benzene rings is 1. The molecule has 2 rings (SSSR count). The van der Waals surface area contributed by atoms with Gasteiger partial charge in [0.15, 0.2) is 0 Å². The summed E-state index contributed by atoms with van der Waals surface area (Å²) in [5.41, 5.74) is 2.80. The third kappa shape index (κ3) is 3.22. The van der Waals surface area contributed by atoms with Crippen LogP contribution in [0.2, 0.25) is 0 Å². The summed E-state index contributed by atoms with van der Waals surface area (Å²) in [6.45, 7) is 7.92. The van der Waals surface area contributed by atoms with Gasteiger partial charge < -0.3 is 10.2 Å². The number of hydrogen-bond acceptors (Lipinski definition) is 2. The molecule has 17 heavy (non-hydrogen) atoms. The highest BCUT2D eigenvalue weighted by Gasteiger charge is 2.21. The van der Waals surface area contributed by atoms with Crippen molar-refractivity contribution in [3.8, 4) is 0 Å². The maximum Gasteiger partial charge on any atom is 0.0366 e. The average molecular weight is 232 g/mol. The van der Waals surface area contributed by atoms with E-state index in [0.29, 0.717) is 6.04 Å². The van der Waals surface area contributed by atoms with Gasteiger partial charge >= 0.3 is 0 Å². The maximum atomic E-state index is 3.61. The molecule has 1 N–H and O–H groups in total. The summed E-state index contributed by atoms with van der Waals surface area (Å²) in [7, 11) is 0. The largest absolute Gasteiger partial charge is 0.370 e. The Morgan fingerprint density at radius 1 is 1.24 bits per heavy atom. The van der Waals surface area contributed by atoms with Crippen molar-refractivity contribution < 1.29 is 0 Å². The number of nitrogens with zero attached hydrogens (tertiary/aromatic N) is 1. The van der Waals surface area contributed by atoms with Crippen molar-refractivity contribution in [3.63, 3.8) is 0 Å². The van der Waals surface area contributed by atoms with Crippen LogP contribution in [0.1, 0.15) is 32.3 Å². The first-order valence-corrected chi connectivity index (χ1v) is 6.90. The molecule has 0 aliphatic carbocycles. The number of rotatable bonds is 5. The Bertz CT molecular complexity index is 331. The van der Waals surface area contributed by atoms with E-state index in [2.05, 4.69) is 48.3 Å². The normalized spacial score (nSPS) is 19.9. The highest BCUT2D eigenvalue weighted by Crippen LogP contribution is 2.21. The van der Waals surface area contributed by atoms with E-state index in [1.54, 1.807) is 0 Å². The van der Waals surface area contributed by atoms with Crippen LogP contribution in [0.4, 0.5) is 5.69 Å². The molecule has 1 unspecified atom stereocenters. The Balaban J connectivity index is 1.90. The zero-order valence-electron chi connectivity index (χ0n) is 11.1. The molecule has 1 aliphatic rings. The minimum atomic E-state index is 0.681. The van der Waals surface area contributed by atoms with Gasteiger partial charge in [0.2, 0.25) is 0 Å². The first-order chi connectivity index (χ1) is 8.33. The Labute approximate surface area is 105 Å². The maximum absolute atomic E-state index is 3.61. The SMILES string of the molecule is CCCNC1CCN(c2ccc(CC)cc2)C1. The van der Waals surface area contributed by atoms with Crippen molar-refractivity contribution in [1.82, 2.24) is 5.32 Å². The van der Waals surface area contributed by atoms with Crippen LogP contribution in [0.25, 0.3) is 0 Å². The quantitative estimate of drug-likeness (QED) is 0.840. The molecule has 0 spiro atoms. The second-order valence-corrected chi connectivity index (χ2v) is 4.91. The van der Waals surface area contributed by atoms with Crippen molar-refractivity contribution in [3.05, 3.63) is 29.8 Å². The van der Waals surface area contributed by atoms with Crippen molar-refractivity contribution in [2.24, 2.45) is 0 Å². The molecule has 0 bridgehead atoms. The zero-order valence-corrected chi connectivity index (χ0v) is 11.1. The summed E-state index contributed by atoms with van der Waals surface area (Å²) in [6, 6.07) is 9.72. The van der Waals surface area contributed by atoms with Crippen LogP contribution in [0.3, 0.4) is 0 Å². The fourth-order valence-corrected chi connectivity index (χ4v) is 2.45. The van der Waals surface area contributed by atoms with Gasteiger partial charge in [-0.05, 0) is 43.5 Å². The molecule has 1 fully saturated rings. The minimum absolute atomic E-state index is 0.681. The number of hydrogen-bond donors (Lipinski definition) is 1. The Morgan fingerprint density at radius 2 is 2.00 bits per heavy atom. The summed E-state index contributed by atoms with van der Waals surface area (Å²) in [6.07, 6.45) is 3.62. The van der Waals surface area contributed by atoms with Crippen molar-refractivity contribution in [2.75, 3.05) is 24.5 Å². The van der Waals surface area contributed by atoms with E-state index in [4.69, 9.17) is 0 Å². The monoisotopic (exact) mass is 232 g/mol. The molecule has 1 atom stereocenters. The Hall–Kier alpha value is -1.02. The van der Waals surface area contributed by atoms with E-state index in [-0.39, 0.29) is 0 Å². The molecule has 2 heteroatoms. The summed E-state index contributed by atoms with van der Waals surface area (Å²) >= 11 is 0. The molecule has 1 aromatic rings. The molecule has 1 saturated heterocycles. The second kappa shape index (κ2) is 6.06. The van der Waals surface area contributed by atoms with Crippen molar-refractivity contribution in [1.29, 1.82) is 0 Å². The molecule has 94 valence electrons. The number of nitrogens with one attached hydrogen (secondary N) is 1. The molecule has 0 radical (unpaired) electrons. The number of aryl methyl sites for hydroxylation is 1. The molecule has 2 nitrogen and oxygen atoms in total. The molecule has 1 aliphatic heterocycles. The van der Waals surface area contributed by atoms with Crippen LogP contribution in [0.15, 0.2) is 24.3 Å². The van der Waals surface area contributed by atoms with Gasteiger partial charge in [0.05, 0.1) is 0 Å². The fourth-order valence-electron chi connectivity index (χ4n) is 2.45. The van der Waals surface area contributed by atoms with Gasteiger partial charge in [0.1, 0.15) is 0 Å². The highest BCUT2D eigenvalue weighted by atomic mass is 15.2. The van der Waals surface area contributed by atoms with Gasteiger partial charge in [-0.1, -0.05) is 26.0 Å². The van der Waals surface area contributed by atoms with E-state index in [1.165, 1.54) is 30.6 Å². The molecule has 0 saturated carbocycles. The standard InChI is InChI=1S/C15H24N2/c1-3-10-16-14-9-11-17(12-14)15-7-5-13(4-2)6-8-15/h5-8,14,16H,3-4,9-12H2,1-2H3. The van der Waals surface area contributed by atoms with Gasteiger partial charge in [-0.2, -0.15) is 0 Å². The lowest BCUT2D eigenvalue weighted by Gasteiger charge is -2.19. The predicted octanol–water partition coefficient (Wildman–Crippen LogP) is 2.83. The molecular formula is C15H24N2. The molecule has 0 amide bonds. The Morgan fingerprint density at radius 3 is 2.65 bits per heavy atom. The topological polar surface area (TPSA) is 15.3 Å². The van der Waals surface area contributed by atoms with Gasteiger partial charge in [-0.15, -0.1) is 0 Å². The predicted molar refractivity (Wildman–Crippen MR) is 74.7 cm³/mol. The van der Waals surface area contributed by atoms with Gasteiger partial charge in [0.25, 0.3) is 0 Å². The van der Waals surface area contributed by atoms with Crippen LogP contribution in [0, 0.1) is 0 Å². The van der Waals surface area contributed by atoms with E-state index in [1.807, 2.05) is 0 Å². The summed E-state index contributed by atoms with van der Waals surface area (Å²) in [4.78, 5) is 2.49. The smallest absolute Gasteiger partial charge is 0.0366 e. The lowest BCUT2D eigenvalue weighted by molar-refractivity contribution is 0.549. The molecular weight excluding hydrogens is 208 g/mol. The Kier molecular flexibility index (Phi) is 4.43. The summed E-state index contributed by atoms with van der Waals surface area (Å²) in [5, 5.41) is 3.61. The van der Waals surface area contributed by atoms with E-state index >= 15 is 0 Å². The van der Waals surface area contributed by atoms with Crippen LogP contribution in [-0.2, 0) is 6.42 Å². The molecule has 1 aromatic carbocycles. The first-order valence-electron chi connectivity index (χ1n) is 6.90. The van der Waals surface area contributed by atoms with Crippen molar-refractivity contribution in [2.45, 2.75) is 39.2 Å². The van der Waals surface area contributed by atoms with Crippen LogP contribution < -0.4 is 10.2 Å². The highest BCUT2D eigenvalue weighted by molar-refractivity contribution is 5.48. The summed E-state index contributed by atoms with van der Waals surface area (Å²) in [5.74, 6) is 0. The van der Waals surface area contributed by atoms with Crippen LogP contribution in [-0.4, -0.2) is 25.7 Å². The van der Waals surface area contributed by atoms with Crippen LogP contribution >= 0.6 is 0 Å². The zero-order chi connectivity index (χ0) is 12.1. The third-order valence-electron chi connectivity index (χ3n) is 3.58. The van der Waals surface area contributed by atoms with Gasteiger partial charge in [-0.25, -0.2) is 0 Å². The fraction of sp³-hybridized carbons (Fsp3) is 0.600. The first kappa shape index (κ1) is 12.4. The summed E-state index contributed by atoms with van der Waals surface area (Å²) < 4.78 is 0. The van der Waals surface area contributed by atoms with E-state index < -0.39 is 0 Å². The average Bonchev–Trinajstić information content (AvgIpc) is 2.85. The molecule has 0 aromatic heterocycles. The third-order valence-corrected chi connectivity index (χ3v) is 3.58. The lowest BCUT2D eigenvalue weighted by atomic mass is 10.1. The molecule has 1 heterocycles. The van der Waals surface area contributed by atoms with Crippen molar-refractivity contribution >= 4 is 5.69 Å². The van der Waals surface area contributed by atoms with Crippen LogP contribution in [0.5, 0.6) is 0 Å². The minimum Gasteiger partial charge on any atom is -0.370 e. The number of anilines is 1. The lowest BCUT2D eigenvalue weighted by Crippen LogP contribution is -2.32. The second-order valence-electron chi connectivity index (χ2n) is 4.91. The van der Waals surface area contributed by atoms with Gasteiger partial charge in [0, 0.05) is 24.8 Å². The van der Waals surface area contributed by atoms with Gasteiger partial charge in [-0.3, -0.25) is 0 Å². The van der Waals surface area contributed by atoms with E-state index in [9.17, 15) is 0 Å². The van der Waals surface area contributed by atoms with E-state index in [0.717, 1.165) is 19.5 Å².